The number of nitrogens with two attached hydrogens (primary N) is 1. The zero-order valence-electron chi connectivity index (χ0n) is 23.6. The highest BCUT2D eigenvalue weighted by molar-refractivity contribution is 5.87. The van der Waals surface area contributed by atoms with E-state index in [1.54, 1.807) is 12.3 Å². The fourth-order valence-corrected chi connectivity index (χ4v) is 6.07. The van der Waals surface area contributed by atoms with E-state index in [2.05, 4.69) is 64.3 Å². The van der Waals surface area contributed by atoms with Crippen molar-refractivity contribution in [3.05, 3.63) is 83.2 Å². The Hall–Kier alpha value is -3.26. The number of nitrogens with one attached hydrogen (secondary N) is 1. The van der Waals surface area contributed by atoms with Crippen molar-refractivity contribution >= 4 is 10.9 Å². The Bertz CT molecular complexity index is 1390. The second-order valence-electron chi connectivity index (χ2n) is 11.2. The Kier molecular flexibility index (Phi) is 9.15. The molecule has 40 heavy (non-hydrogen) atoms. The van der Waals surface area contributed by atoms with Crippen LogP contribution in [0.3, 0.4) is 0 Å². The topological polar surface area (TPSA) is 87.4 Å². The third-order valence-corrected chi connectivity index (χ3v) is 8.38. The molecule has 3 unspecified atom stereocenters. The van der Waals surface area contributed by atoms with Gasteiger partial charge in [0.25, 0.3) is 0 Å². The van der Waals surface area contributed by atoms with E-state index in [-0.39, 0.29) is 11.9 Å². The summed E-state index contributed by atoms with van der Waals surface area (Å²) in [5.41, 5.74) is 14.8. The van der Waals surface area contributed by atoms with Gasteiger partial charge in [-0.05, 0) is 80.4 Å². The maximum Gasteiger partial charge on any atom is 0.210 e. The lowest BCUT2D eigenvalue weighted by molar-refractivity contribution is -0.0101. The maximum atomic E-state index is 13.7. The number of aromatic amines is 1. The number of nitrogens with zero attached hydrogens (tertiary/aromatic N) is 2. The van der Waals surface area contributed by atoms with Crippen LogP contribution in [-0.2, 0) is 17.6 Å². The quantitative estimate of drug-likeness (QED) is 0.208. The molecule has 2 aromatic carbocycles. The molecule has 3 heterocycles. The fourth-order valence-electron chi connectivity index (χ4n) is 6.07. The number of benzene rings is 2. The Morgan fingerprint density at radius 1 is 1.12 bits per heavy atom. The van der Waals surface area contributed by atoms with E-state index in [0.717, 1.165) is 54.7 Å². The monoisotopic (exact) mass is 544 g/mol. The summed E-state index contributed by atoms with van der Waals surface area (Å²) in [6.45, 7) is 5.34. The molecule has 0 radical (unpaired) electrons. The highest BCUT2D eigenvalue weighted by atomic mass is 19.1. The van der Waals surface area contributed by atoms with Gasteiger partial charge in [-0.1, -0.05) is 42.5 Å². The third kappa shape index (κ3) is 6.72. The minimum Gasteiger partial charge on any atom is -0.493 e. The standard InChI is InChI=1S/C33H41FN4O2/c1-22-29-7-3-5-25(12-14-30(34)40-2)33(29)37-32(22)27-6-4-17-38(21-27)18-16-28(35)19-23-8-10-24(11-9-23)26-13-15-31(39)36-20-26/h3,5,7-11,13,15,20,27-28,30,37H,4,6,12,14,16-19,21,35H2,1-2H3,(H,36,39). The molecule has 0 saturated carbocycles. The number of methoxy groups -OCH3 is 1. The summed E-state index contributed by atoms with van der Waals surface area (Å²) >= 11 is 0. The summed E-state index contributed by atoms with van der Waals surface area (Å²) in [7, 11) is 1.42. The fraction of sp³-hybridized carbons (Fsp3) is 0.424. The number of piperidine rings is 1. The van der Waals surface area contributed by atoms with Crippen LogP contribution in [0.4, 0.5) is 4.39 Å². The Labute approximate surface area is 236 Å². The molecule has 2 aromatic heterocycles. The average molecular weight is 545 g/mol. The predicted molar refractivity (Wildman–Crippen MR) is 159 cm³/mol. The van der Waals surface area contributed by atoms with E-state index in [1.807, 2.05) is 6.07 Å². The lowest BCUT2D eigenvalue weighted by Gasteiger charge is -2.33. The molecule has 4 aromatic rings. The molecule has 4 N–H and O–H groups in total. The molecule has 1 saturated heterocycles. The molecule has 6 nitrogen and oxygen atoms in total. The number of fused-ring (bicyclic) bond motifs is 1. The molecule has 212 valence electrons. The summed E-state index contributed by atoms with van der Waals surface area (Å²) in [4.78, 5) is 10.3. The Morgan fingerprint density at radius 3 is 2.67 bits per heavy atom. The number of rotatable bonds is 11. The van der Waals surface area contributed by atoms with Gasteiger partial charge in [0.05, 0.1) is 0 Å². The molecule has 7 heteroatoms. The van der Waals surface area contributed by atoms with Gasteiger partial charge < -0.3 is 25.5 Å². The van der Waals surface area contributed by atoms with Crippen LogP contribution in [0.2, 0.25) is 0 Å². The van der Waals surface area contributed by atoms with Crippen LogP contribution in [0.1, 0.15) is 54.0 Å². The molecule has 1 aliphatic heterocycles. The number of likely N-dealkylation sites (tertiary alicyclic amines) is 1. The highest BCUT2D eigenvalue weighted by Gasteiger charge is 2.25. The largest absolute Gasteiger partial charge is 0.493 e. The van der Waals surface area contributed by atoms with Gasteiger partial charge in [0.2, 0.25) is 5.88 Å². The maximum absolute atomic E-state index is 13.7. The number of alkyl halides is 1. The second-order valence-corrected chi connectivity index (χ2v) is 11.2. The van der Waals surface area contributed by atoms with E-state index in [4.69, 9.17) is 10.5 Å². The molecule has 0 spiro atoms. The zero-order valence-corrected chi connectivity index (χ0v) is 23.6. The van der Waals surface area contributed by atoms with E-state index < -0.39 is 6.36 Å². The number of hydrogen-bond donors (Lipinski definition) is 3. The SMILES string of the molecule is COC(F)CCc1cccc2c(C)c(C3CCCN(CCC(N)Cc4ccc(-c5ccc(O)nc5)cc4)C3)[nH]c12. The van der Waals surface area contributed by atoms with E-state index >= 15 is 0 Å². The van der Waals surface area contributed by atoms with Crippen molar-refractivity contribution in [2.45, 2.75) is 63.8 Å². The molecule has 0 bridgehead atoms. The molecule has 1 aliphatic rings. The molecule has 5 rings (SSSR count). The van der Waals surface area contributed by atoms with Gasteiger partial charge >= 0.3 is 0 Å². The molecule has 3 atom stereocenters. The van der Waals surface area contributed by atoms with Crippen LogP contribution in [0.15, 0.2) is 60.8 Å². The van der Waals surface area contributed by atoms with E-state index in [9.17, 15) is 9.50 Å². The van der Waals surface area contributed by atoms with Crippen molar-refractivity contribution in [2.75, 3.05) is 26.7 Å². The van der Waals surface area contributed by atoms with Gasteiger partial charge in [0.1, 0.15) is 0 Å². The highest BCUT2D eigenvalue weighted by Crippen LogP contribution is 2.34. The average Bonchev–Trinajstić information content (AvgIpc) is 3.32. The van der Waals surface area contributed by atoms with Gasteiger partial charge in [0.15, 0.2) is 6.36 Å². The zero-order chi connectivity index (χ0) is 28.1. The first-order valence-corrected chi connectivity index (χ1v) is 14.4. The molecular weight excluding hydrogens is 503 g/mol. The first-order chi connectivity index (χ1) is 19.4. The van der Waals surface area contributed by atoms with Crippen molar-refractivity contribution in [3.63, 3.8) is 0 Å². The lowest BCUT2D eigenvalue weighted by atomic mass is 9.92. The third-order valence-electron chi connectivity index (χ3n) is 8.38. The summed E-state index contributed by atoms with van der Waals surface area (Å²) in [5, 5.41) is 10.7. The number of hydrogen-bond acceptors (Lipinski definition) is 5. The summed E-state index contributed by atoms with van der Waals surface area (Å²) < 4.78 is 18.5. The summed E-state index contributed by atoms with van der Waals surface area (Å²) in [6, 6.07) is 18.4. The number of aromatic hydroxyl groups is 1. The molecule has 0 aliphatic carbocycles. The van der Waals surface area contributed by atoms with Crippen molar-refractivity contribution in [1.29, 1.82) is 0 Å². The van der Waals surface area contributed by atoms with Crippen molar-refractivity contribution in [2.24, 2.45) is 5.73 Å². The smallest absolute Gasteiger partial charge is 0.210 e. The summed E-state index contributed by atoms with van der Waals surface area (Å²) in [6.07, 6.45) is 5.61. The normalized spacial score (nSPS) is 17.8. The van der Waals surface area contributed by atoms with Crippen LogP contribution < -0.4 is 5.73 Å². The number of para-hydroxylation sites is 1. The predicted octanol–water partition coefficient (Wildman–Crippen LogP) is 6.26. The van der Waals surface area contributed by atoms with Crippen LogP contribution in [0.25, 0.3) is 22.0 Å². The summed E-state index contributed by atoms with van der Waals surface area (Å²) in [5.74, 6) is 0.489. The van der Waals surface area contributed by atoms with Gasteiger partial charge in [0, 0.05) is 66.5 Å². The van der Waals surface area contributed by atoms with Crippen LogP contribution in [0.5, 0.6) is 5.88 Å². The van der Waals surface area contributed by atoms with Crippen LogP contribution in [-0.4, -0.2) is 59.1 Å². The minimum absolute atomic E-state index is 0.0307. The number of H-pyrrole nitrogens is 1. The number of halogens is 1. The van der Waals surface area contributed by atoms with Gasteiger partial charge in [-0.3, -0.25) is 0 Å². The van der Waals surface area contributed by atoms with Crippen molar-refractivity contribution in [1.82, 2.24) is 14.9 Å². The first-order valence-electron chi connectivity index (χ1n) is 14.4. The van der Waals surface area contributed by atoms with Crippen LogP contribution >= 0.6 is 0 Å². The number of pyridine rings is 1. The van der Waals surface area contributed by atoms with Gasteiger partial charge in [-0.2, -0.15) is 0 Å². The number of ether oxygens (including phenoxy) is 1. The number of aromatic nitrogens is 2. The Morgan fingerprint density at radius 2 is 1.93 bits per heavy atom. The second kappa shape index (κ2) is 12.9. The van der Waals surface area contributed by atoms with E-state index in [0.29, 0.717) is 18.8 Å². The Balaban J connectivity index is 1.17. The van der Waals surface area contributed by atoms with Crippen LogP contribution in [0, 0.1) is 6.92 Å². The minimum atomic E-state index is -1.23. The van der Waals surface area contributed by atoms with Gasteiger partial charge in [-0.25, -0.2) is 9.37 Å². The first kappa shape index (κ1) is 28.3. The van der Waals surface area contributed by atoms with E-state index in [1.165, 1.54) is 42.2 Å². The molecule has 0 amide bonds. The van der Waals surface area contributed by atoms with Crippen molar-refractivity contribution in [3.8, 4) is 17.0 Å². The molecular formula is C33H41FN4O2. The van der Waals surface area contributed by atoms with Crippen molar-refractivity contribution < 1.29 is 14.2 Å². The molecule has 1 fully saturated rings. The number of aryl methyl sites for hydroxylation is 2. The van der Waals surface area contributed by atoms with Gasteiger partial charge in [-0.15, -0.1) is 0 Å². The lowest BCUT2D eigenvalue weighted by Crippen LogP contribution is -2.38.